The van der Waals surface area contributed by atoms with Gasteiger partial charge in [0.2, 0.25) is 0 Å². The van der Waals surface area contributed by atoms with E-state index in [9.17, 15) is 0 Å². The van der Waals surface area contributed by atoms with E-state index in [0.717, 1.165) is 34.5 Å². The lowest BCUT2D eigenvalue weighted by molar-refractivity contribution is 0.263. The van der Waals surface area contributed by atoms with Gasteiger partial charge in [0.25, 0.3) is 0 Å². The molecule has 1 nitrogen and oxygen atoms in total. The average Bonchev–Trinajstić information content (AvgIpc) is 2.74. The van der Waals surface area contributed by atoms with E-state index in [2.05, 4.69) is 11.8 Å². The van der Waals surface area contributed by atoms with Crippen LogP contribution < -0.4 is 0 Å². The second kappa shape index (κ2) is 0.978. The van der Waals surface area contributed by atoms with Gasteiger partial charge >= 0.3 is 0 Å². The number of epoxide rings is 1. The van der Waals surface area contributed by atoms with Crippen LogP contribution in [0, 0.1) is 11.8 Å². The molecule has 2 heteroatoms. The second-order valence-electron chi connectivity index (χ2n) is 3.69. The van der Waals surface area contributed by atoms with Crippen LogP contribution in [-0.2, 0) is 4.74 Å². The molecule has 6 unspecified atom stereocenters. The first kappa shape index (κ1) is 4.24. The maximum Gasteiger partial charge on any atom is 0.0884 e. The lowest BCUT2D eigenvalue weighted by Gasteiger charge is -2.03. The molecule has 2 saturated heterocycles. The van der Waals surface area contributed by atoms with Crippen LogP contribution >= 0.6 is 11.8 Å². The first-order chi connectivity index (χ1) is 4.45. The molecule has 0 aromatic heterocycles. The summed E-state index contributed by atoms with van der Waals surface area (Å²) in [6, 6.07) is 0. The summed E-state index contributed by atoms with van der Waals surface area (Å²) in [5.41, 5.74) is 0. The maximum absolute atomic E-state index is 5.53. The van der Waals surface area contributed by atoms with Crippen molar-refractivity contribution >= 4 is 11.8 Å². The van der Waals surface area contributed by atoms with E-state index < -0.39 is 0 Å². The van der Waals surface area contributed by atoms with Crippen molar-refractivity contribution in [3.05, 3.63) is 0 Å². The van der Waals surface area contributed by atoms with Gasteiger partial charge in [-0.1, -0.05) is 0 Å². The van der Waals surface area contributed by atoms with Gasteiger partial charge in [0.1, 0.15) is 0 Å². The molecule has 0 radical (unpaired) electrons. The van der Waals surface area contributed by atoms with Crippen molar-refractivity contribution in [3.8, 4) is 0 Å². The third kappa shape index (κ3) is 0.317. The maximum atomic E-state index is 5.53. The molecule has 48 valence electrons. The summed E-state index contributed by atoms with van der Waals surface area (Å²) in [5.74, 6) is 1.99. The average molecular weight is 140 g/mol. The molecule has 2 aliphatic carbocycles. The Balaban J connectivity index is 1.91. The van der Waals surface area contributed by atoms with Crippen molar-refractivity contribution in [3.63, 3.8) is 0 Å². The van der Waals surface area contributed by atoms with Crippen molar-refractivity contribution in [2.45, 2.75) is 29.1 Å². The van der Waals surface area contributed by atoms with E-state index in [-0.39, 0.29) is 0 Å². The quantitative estimate of drug-likeness (QED) is 0.463. The van der Waals surface area contributed by atoms with Crippen LogP contribution in [0.15, 0.2) is 0 Å². The monoisotopic (exact) mass is 140 g/mol. The Morgan fingerprint density at radius 2 is 1.78 bits per heavy atom. The zero-order valence-electron chi connectivity index (χ0n) is 4.99. The fourth-order valence-electron chi connectivity index (χ4n) is 2.88. The Bertz CT molecular complexity index is 157. The molecule has 2 heterocycles. The Hall–Kier alpha value is 0.310. The molecule has 0 aromatic rings. The van der Waals surface area contributed by atoms with E-state index >= 15 is 0 Å². The second-order valence-corrected chi connectivity index (χ2v) is 5.05. The van der Waals surface area contributed by atoms with Crippen molar-refractivity contribution in [1.82, 2.24) is 0 Å². The van der Waals surface area contributed by atoms with Gasteiger partial charge in [-0.05, 0) is 6.42 Å². The largest absolute Gasteiger partial charge is 0.369 e. The van der Waals surface area contributed by atoms with Crippen molar-refractivity contribution in [2.75, 3.05) is 0 Å². The highest BCUT2D eigenvalue weighted by molar-refractivity contribution is 8.07. The molecule has 9 heavy (non-hydrogen) atoms. The number of rotatable bonds is 0. The van der Waals surface area contributed by atoms with Crippen LogP contribution in [0.4, 0.5) is 0 Å². The summed E-state index contributed by atoms with van der Waals surface area (Å²) in [7, 11) is 0. The summed E-state index contributed by atoms with van der Waals surface area (Å²) < 4.78 is 5.53. The lowest BCUT2D eigenvalue weighted by Crippen LogP contribution is -2.14. The van der Waals surface area contributed by atoms with Crippen LogP contribution in [0.2, 0.25) is 0 Å². The molecule has 0 N–H and O–H groups in total. The molecule has 4 rings (SSSR count). The molecule has 6 atom stereocenters. The number of fused-ring (bicyclic) bond motifs is 8. The molecule has 4 aliphatic rings. The van der Waals surface area contributed by atoms with E-state index in [0.29, 0.717) is 0 Å². The predicted molar refractivity (Wildman–Crippen MR) is 35.4 cm³/mol. The molecule has 2 aliphatic heterocycles. The third-order valence-corrected chi connectivity index (χ3v) is 4.96. The molecule has 4 fully saturated rings. The molecular formula is C7H8OS. The first-order valence-electron chi connectivity index (χ1n) is 3.76. The summed E-state index contributed by atoms with van der Waals surface area (Å²) in [6.07, 6.45) is 3.00. The van der Waals surface area contributed by atoms with Crippen molar-refractivity contribution in [1.29, 1.82) is 0 Å². The lowest BCUT2D eigenvalue weighted by atomic mass is 10.0. The van der Waals surface area contributed by atoms with Gasteiger partial charge in [0.05, 0.1) is 12.2 Å². The molecule has 2 bridgehead atoms. The van der Waals surface area contributed by atoms with E-state index in [1.165, 1.54) is 6.42 Å². The Morgan fingerprint density at radius 3 is 2.33 bits per heavy atom. The van der Waals surface area contributed by atoms with Crippen LogP contribution in [-0.4, -0.2) is 22.7 Å². The number of hydrogen-bond acceptors (Lipinski definition) is 2. The zero-order valence-corrected chi connectivity index (χ0v) is 5.80. The standard InChI is InChI=1S/C7H8OS/c1-2-4-5(8-4)3(1)7-6(2)9-7/h2-7H,1H2. The fourth-order valence-corrected chi connectivity index (χ4v) is 4.49. The first-order valence-corrected chi connectivity index (χ1v) is 4.70. The number of thioether (sulfide) groups is 1. The van der Waals surface area contributed by atoms with E-state index in [1.807, 2.05) is 0 Å². The molecule has 0 amide bonds. The van der Waals surface area contributed by atoms with Crippen LogP contribution in [0.1, 0.15) is 6.42 Å². The highest BCUT2D eigenvalue weighted by atomic mass is 32.2. The smallest absolute Gasteiger partial charge is 0.0884 e. The topological polar surface area (TPSA) is 12.5 Å². The Morgan fingerprint density at radius 1 is 1.11 bits per heavy atom. The normalized spacial score (nSPS) is 80.0. The predicted octanol–water partition coefficient (Wildman–Crippen LogP) is 0.887. The van der Waals surface area contributed by atoms with Gasteiger partial charge in [-0.15, -0.1) is 0 Å². The van der Waals surface area contributed by atoms with Gasteiger partial charge < -0.3 is 4.74 Å². The van der Waals surface area contributed by atoms with Crippen LogP contribution in [0.25, 0.3) is 0 Å². The van der Waals surface area contributed by atoms with Gasteiger partial charge in [-0.25, -0.2) is 0 Å². The zero-order chi connectivity index (χ0) is 5.59. The van der Waals surface area contributed by atoms with Crippen LogP contribution in [0.3, 0.4) is 0 Å². The van der Waals surface area contributed by atoms with Gasteiger partial charge in [-0.3, -0.25) is 0 Å². The third-order valence-electron chi connectivity index (χ3n) is 3.36. The molecular weight excluding hydrogens is 132 g/mol. The summed E-state index contributed by atoms with van der Waals surface area (Å²) in [5, 5.41) is 2.11. The summed E-state index contributed by atoms with van der Waals surface area (Å²) >= 11 is 2.21. The fraction of sp³-hybridized carbons (Fsp3) is 1.00. The SMILES string of the molecule is C1C2C3OC3C1C1SC21. The summed E-state index contributed by atoms with van der Waals surface area (Å²) in [4.78, 5) is 0. The van der Waals surface area contributed by atoms with Gasteiger partial charge in [0, 0.05) is 22.3 Å². The Labute approximate surface area is 58.1 Å². The number of hydrogen-bond donors (Lipinski definition) is 0. The Kier molecular flexibility index (Phi) is 0.461. The highest BCUT2D eigenvalue weighted by Gasteiger charge is 2.73. The van der Waals surface area contributed by atoms with Gasteiger partial charge in [0.15, 0.2) is 0 Å². The minimum Gasteiger partial charge on any atom is -0.369 e. The highest BCUT2D eigenvalue weighted by Crippen LogP contribution is 2.71. The molecule has 2 saturated carbocycles. The molecule has 0 aromatic carbocycles. The van der Waals surface area contributed by atoms with E-state index in [4.69, 9.17) is 4.74 Å². The minimum atomic E-state index is 0.742. The van der Waals surface area contributed by atoms with Crippen LogP contribution in [0.5, 0.6) is 0 Å². The molecule has 0 spiro atoms. The summed E-state index contributed by atoms with van der Waals surface area (Å²) in [6.45, 7) is 0. The minimum absolute atomic E-state index is 0.742. The van der Waals surface area contributed by atoms with Gasteiger partial charge in [-0.2, -0.15) is 11.8 Å². The van der Waals surface area contributed by atoms with E-state index in [1.54, 1.807) is 0 Å². The number of ether oxygens (including phenoxy) is 1. The van der Waals surface area contributed by atoms with Crippen molar-refractivity contribution in [2.24, 2.45) is 11.8 Å². The van der Waals surface area contributed by atoms with Crippen molar-refractivity contribution < 1.29 is 4.74 Å².